The van der Waals surface area contributed by atoms with Gasteiger partial charge in [-0.2, -0.15) is 0 Å². The summed E-state index contributed by atoms with van der Waals surface area (Å²) in [5.74, 6) is 2.75. The van der Waals surface area contributed by atoms with Crippen molar-refractivity contribution in [3.8, 4) is 0 Å². The first-order valence-electron chi connectivity index (χ1n) is 10.2. The fourth-order valence-electron chi connectivity index (χ4n) is 4.95. The Hall–Kier alpha value is -0.0400. The van der Waals surface area contributed by atoms with Crippen LogP contribution in [0.2, 0.25) is 0 Å². The van der Waals surface area contributed by atoms with Crippen LogP contribution in [0.15, 0.2) is 0 Å². The molecule has 1 saturated heterocycles. The van der Waals surface area contributed by atoms with E-state index in [0.29, 0.717) is 16.4 Å². The van der Waals surface area contributed by atoms with E-state index in [1.54, 1.807) is 0 Å². The third kappa shape index (κ3) is 4.74. The second-order valence-electron chi connectivity index (χ2n) is 11.2. The molecule has 1 heterocycles. The normalized spacial score (nSPS) is 31.0. The predicted molar refractivity (Wildman–Crippen MR) is 103 cm³/mol. The zero-order chi connectivity index (χ0) is 17.5. The van der Waals surface area contributed by atoms with Gasteiger partial charge in [-0.3, -0.25) is 4.90 Å². The molecule has 0 radical (unpaired) electrons. The van der Waals surface area contributed by atoms with E-state index in [1.807, 2.05) is 0 Å². The molecule has 1 saturated carbocycles. The minimum absolute atomic E-state index is 0.379. The summed E-state index contributed by atoms with van der Waals surface area (Å²) < 4.78 is 0. The van der Waals surface area contributed by atoms with Gasteiger partial charge in [0.1, 0.15) is 0 Å². The first kappa shape index (κ1) is 19.3. The zero-order valence-corrected chi connectivity index (χ0v) is 17.3. The molecule has 0 aromatic carbocycles. The molecule has 1 nitrogen and oxygen atoms in total. The first-order chi connectivity index (χ1) is 10.4. The molecule has 2 fully saturated rings. The molecular weight excluding hydrogens is 278 g/mol. The van der Waals surface area contributed by atoms with Crippen molar-refractivity contribution in [1.82, 2.24) is 4.90 Å². The maximum absolute atomic E-state index is 2.75. The second-order valence-corrected chi connectivity index (χ2v) is 11.2. The van der Waals surface area contributed by atoms with Crippen LogP contribution in [0.25, 0.3) is 0 Å². The van der Waals surface area contributed by atoms with E-state index >= 15 is 0 Å². The Kier molecular flexibility index (Phi) is 5.61. The molecule has 1 unspecified atom stereocenters. The Morgan fingerprint density at radius 1 is 0.826 bits per heavy atom. The average Bonchev–Trinajstić information content (AvgIpc) is 3.04. The lowest BCUT2D eigenvalue weighted by Gasteiger charge is -2.40. The van der Waals surface area contributed by atoms with Gasteiger partial charge in [-0.15, -0.1) is 0 Å². The molecule has 0 N–H and O–H groups in total. The van der Waals surface area contributed by atoms with Crippen molar-refractivity contribution in [3.63, 3.8) is 0 Å². The average molecular weight is 322 g/mol. The molecule has 0 amide bonds. The Labute approximate surface area is 146 Å². The predicted octanol–water partition coefficient (Wildman–Crippen LogP) is 6.38. The molecule has 1 heteroatoms. The summed E-state index contributed by atoms with van der Waals surface area (Å²) in [7, 11) is 0. The van der Waals surface area contributed by atoms with Crippen LogP contribution in [0.5, 0.6) is 0 Å². The van der Waals surface area contributed by atoms with Crippen molar-refractivity contribution in [3.05, 3.63) is 0 Å². The van der Waals surface area contributed by atoms with Crippen LogP contribution in [-0.4, -0.2) is 23.5 Å². The van der Waals surface area contributed by atoms with Crippen molar-refractivity contribution in [2.24, 2.45) is 28.6 Å². The summed E-state index contributed by atoms with van der Waals surface area (Å²) in [5.41, 5.74) is 1.38. The Morgan fingerprint density at radius 3 is 1.91 bits per heavy atom. The monoisotopic (exact) mass is 321 g/mol. The highest BCUT2D eigenvalue weighted by Crippen LogP contribution is 2.50. The fourth-order valence-corrected chi connectivity index (χ4v) is 4.95. The van der Waals surface area contributed by atoms with Crippen LogP contribution in [-0.2, 0) is 0 Å². The van der Waals surface area contributed by atoms with E-state index in [0.717, 1.165) is 17.8 Å². The summed E-state index contributed by atoms with van der Waals surface area (Å²) >= 11 is 0. The van der Waals surface area contributed by atoms with E-state index in [9.17, 15) is 0 Å². The van der Waals surface area contributed by atoms with Gasteiger partial charge in [0.2, 0.25) is 0 Å². The fraction of sp³-hybridized carbons (Fsp3) is 1.00. The standard InChI is InChI=1S/C22H43N/c1-17-11-14-23(16-17)22(7,8)13-12-21(5,6)19-10-9-18(15-19)20(2,3)4/h17-19H,9-16H2,1-8H3/t17-,18?,19+/m1/s1. The molecule has 0 aromatic heterocycles. The van der Waals surface area contributed by atoms with E-state index in [-0.39, 0.29) is 0 Å². The van der Waals surface area contributed by atoms with E-state index in [2.05, 4.69) is 60.3 Å². The van der Waals surface area contributed by atoms with Crippen LogP contribution in [0.3, 0.4) is 0 Å². The highest BCUT2D eigenvalue weighted by molar-refractivity contribution is 4.93. The van der Waals surface area contributed by atoms with Crippen LogP contribution in [0.1, 0.15) is 93.9 Å². The molecular formula is C22H43N. The largest absolute Gasteiger partial charge is 0.298 e. The molecule has 0 bridgehead atoms. The van der Waals surface area contributed by atoms with Crippen LogP contribution in [0, 0.1) is 28.6 Å². The molecule has 23 heavy (non-hydrogen) atoms. The summed E-state index contributed by atoms with van der Waals surface area (Å²) in [6.07, 6.45) is 8.48. The van der Waals surface area contributed by atoms with Gasteiger partial charge in [0.15, 0.2) is 0 Å². The van der Waals surface area contributed by atoms with Gasteiger partial charge in [0.25, 0.3) is 0 Å². The minimum atomic E-state index is 0.379. The molecule has 2 rings (SSSR count). The molecule has 2 aliphatic rings. The number of nitrogens with zero attached hydrogens (tertiary/aromatic N) is 1. The lowest BCUT2D eigenvalue weighted by molar-refractivity contribution is 0.0977. The van der Waals surface area contributed by atoms with Crippen molar-refractivity contribution in [2.75, 3.05) is 13.1 Å². The Morgan fingerprint density at radius 2 is 1.43 bits per heavy atom. The van der Waals surface area contributed by atoms with Gasteiger partial charge in [0, 0.05) is 12.1 Å². The molecule has 1 aliphatic heterocycles. The number of likely N-dealkylation sites (tertiary alicyclic amines) is 1. The maximum Gasteiger partial charge on any atom is 0.0153 e. The number of rotatable bonds is 5. The summed E-state index contributed by atoms with van der Waals surface area (Å²) in [5, 5.41) is 0. The highest BCUT2D eigenvalue weighted by atomic mass is 15.2. The van der Waals surface area contributed by atoms with Crippen molar-refractivity contribution in [1.29, 1.82) is 0 Å². The maximum atomic E-state index is 2.75. The van der Waals surface area contributed by atoms with Crippen molar-refractivity contribution < 1.29 is 0 Å². The van der Waals surface area contributed by atoms with E-state index in [1.165, 1.54) is 51.6 Å². The zero-order valence-electron chi connectivity index (χ0n) is 17.3. The smallest absolute Gasteiger partial charge is 0.0153 e. The topological polar surface area (TPSA) is 3.24 Å². The molecule has 0 aromatic rings. The van der Waals surface area contributed by atoms with Crippen LogP contribution >= 0.6 is 0 Å². The first-order valence-corrected chi connectivity index (χ1v) is 10.2. The van der Waals surface area contributed by atoms with Gasteiger partial charge in [0.05, 0.1) is 0 Å². The van der Waals surface area contributed by atoms with E-state index < -0.39 is 0 Å². The summed E-state index contributed by atoms with van der Waals surface area (Å²) in [4.78, 5) is 2.75. The SMILES string of the molecule is C[C@@H]1CCN(C(C)(C)CCC(C)(C)[C@H]2CCC(C(C)(C)C)C2)C1. The summed E-state index contributed by atoms with van der Waals surface area (Å²) in [6, 6.07) is 0. The van der Waals surface area contributed by atoms with Gasteiger partial charge >= 0.3 is 0 Å². The van der Waals surface area contributed by atoms with Gasteiger partial charge in [-0.05, 0) is 87.5 Å². The van der Waals surface area contributed by atoms with Crippen molar-refractivity contribution >= 4 is 0 Å². The van der Waals surface area contributed by atoms with Crippen LogP contribution < -0.4 is 0 Å². The van der Waals surface area contributed by atoms with Crippen LogP contribution in [0.4, 0.5) is 0 Å². The third-order valence-corrected chi connectivity index (χ3v) is 7.42. The molecule has 136 valence electrons. The Balaban J connectivity index is 1.89. The van der Waals surface area contributed by atoms with Gasteiger partial charge in [-0.25, -0.2) is 0 Å². The van der Waals surface area contributed by atoms with E-state index in [4.69, 9.17) is 0 Å². The minimum Gasteiger partial charge on any atom is -0.298 e. The Bertz CT molecular complexity index is 387. The molecule has 3 atom stereocenters. The second kappa shape index (κ2) is 6.70. The highest BCUT2D eigenvalue weighted by Gasteiger charge is 2.41. The quantitative estimate of drug-likeness (QED) is 0.568. The lowest BCUT2D eigenvalue weighted by atomic mass is 9.71. The summed E-state index contributed by atoms with van der Waals surface area (Å²) in [6.45, 7) is 22.4. The molecule has 1 aliphatic carbocycles. The number of hydrogen-bond donors (Lipinski definition) is 0. The molecule has 0 spiro atoms. The van der Waals surface area contributed by atoms with Gasteiger partial charge in [-0.1, -0.05) is 41.5 Å². The lowest BCUT2D eigenvalue weighted by Crippen LogP contribution is -2.43. The third-order valence-electron chi connectivity index (χ3n) is 7.42. The van der Waals surface area contributed by atoms with Crippen molar-refractivity contribution in [2.45, 2.75) is 99.5 Å². The van der Waals surface area contributed by atoms with Gasteiger partial charge < -0.3 is 0 Å². The number of hydrogen-bond acceptors (Lipinski definition) is 1.